The number of rotatable bonds is 3. The Labute approximate surface area is 86.6 Å². The van der Waals surface area contributed by atoms with Crippen LogP contribution in [0.5, 0.6) is 0 Å². The Balaban J connectivity index is 2.87. The summed E-state index contributed by atoms with van der Waals surface area (Å²) >= 11 is 0. The first-order valence-electron chi connectivity index (χ1n) is 5.04. The summed E-state index contributed by atoms with van der Waals surface area (Å²) in [7, 11) is 4.07. The van der Waals surface area contributed by atoms with Gasteiger partial charge in [0.25, 0.3) is 0 Å². The average Bonchev–Trinajstić information content (AvgIpc) is 2.42. The molecule has 0 bridgehead atoms. The maximum absolute atomic E-state index is 3.18. The number of hydrogen-bond donors (Lipinski definition) is 1. The van der Waals surface area contributed by atoms with E-state index in [1.165, 1.54) is 17.0 Å². The second-order valence-corrected chi connectivity index (χ2v) is 3.82. The van der Waals surface area contributed by atoms with Crippen LogP contribution in [-0.4, -0.2) is 17.7 Å². The molecule has 14 heavy (non-hydrogen) atoms. The third kappa shape index (κ3) is 2.26. The van der Waals surface area contributed by atoms with Gasteiger partial charge in [-0.3, -0.25) is 0 Å². The summed E-state index contributed by atoms with van der Waals surface area (Å²) in [5, 5.41) is 3.18. The first-order valence-corrected chi connectivity index (χ1v) is 5.04. The van der Waals surface area contributed by atoms with Crippen molar-refractivity contribution >= 4 is 6.08 Å². The minimum Gasteiger partial charge on any atom is -0.352 e. The highest BCUT2D eigenvalue weighted by molar-refractivity contribution is 5.54. The van der Waals surface area contributed by atoms with Crippen molar-refractivity contribution in [3.63, 3.8) is 0 Å². The summed E-state index contributed by atoms with van der Waals surface area (Å²) in [6.45, 7) is 6.42. The first-order chi connectivity index (χ1) is 6.56. The molecule has 0 aromatic carbocycles. The third-order valence-corrected chi connectivity index (χ3v) is 2.83. The standard InChI is InChI=1S/C12H20N2/c1-9(13-4)6-7-12-8-10(2)14(5)11(12)3/h6-9,13H,1-5H3/b7-6+. The molecule has 0 aliphatic rings. The zero-order chi connectivity index (χ0) is 10.7. The highest BCUT2D eigenvalue weighted by Gasteiger charge is 2.02. The summed E-state index contributed by atoms with van der Waals surface area (Å²) in [6, 6.07) is 2.64. The average molecular weight is 192 g/mol. The summed E-state index contributed by atoms with van der Waals surface area (Å²) in [6.07, 6.45) is 4.37. The fourth-order valence-corrected chi connectivity index (χ4v) is 1.40. The van der Waals surface area contributed by atoms with Crippen LogP contribution in [0.15, 0.2) is 12.1 Å². The van der Waals surface area contributed by atoms with Crippen LogP contribution in [0.3, 0.4) is 0 Å². The zero-order valence-electron chi connectivity index (χ0n) is 9.76. The summed E-state index contributed by atoms with van der Waals surface area (Å²) in [5.41, 5.74) is 3.94. The van der Waals surface area contributed by atoms with E-state index in [4.69, 9.17) is 0 Å². The van der Waals surface area contributed by atoms with Gasteiger partial charge in [-0.1, -0.05) is 12.2 Å². The Bertz CT molecular complexity index is 334. The van der Waals surface area contributed by atoms with Gasteiger partial charge in [-0.05, 0) is 39.4 Å². The third-order valence-electron chi connectivity index (χ3n) is 2.83. The van der Waals surface area contributed by atoms with Crippen LogP contribution in [0.1, 0.15) is 23.9 Å². The molecule has 0 aliphatic carbocycles. The molecule has 0 spiro atoms. The van der Waals surface area contributed by atoms with E-state index in [0.29, 0.717) is 6.04 Å². The highest BCUT2D eigenvalue weighted by atomic mass is 14.9. The van der Waals surface area contributed by atoms with Crippen molar-refractivity contribution in [2.45, 2.75) is 26.8 Å². The lowest BCUT2D eigenvalue weighted by molar-refractivity contribution is 0.731. The van der Waals surface area contributed by atoms with Crippen LogP contribution in [0.25, 0.3) is 6.08 Å². The lowest BCUT2D eigenvalue weighted by Crippen LogP contribution is -2.17. The molecule has 1 aromatic heterocycles. The smallest absolute Gasteiger partial charge is 0.0221 e. The Kier molecular flexibility index (Phi) is 3.53. The monoisotopic (exact) mass is 192 g/mol. The van der Waals surface area contributed by atoms with Crippen molar-refractivity contribution in [1.29, 1.82) is 0 Å². The van der Waals surface area contributed by atoms with Crippen molar-refractivity contribution in [3.05, 3.63) is 29.1 Å². The van der Waals surface area contributed by atoms with Crippen LogP contribution in [0.4, 0.5) is 0 Å². The van der Waals surface area contributed by atoms with E-state index < -0.39 is 0 Å². The van der Waals surface area contributed by atoms with E-state index >= 15 is 0 Å². The van der Waals surface area contributed by atoms with Crippen molar-refractivity contribution in [2.24, 2.45) is 7.05 Å². The quantitative estimate of drug-likeness (QED) is 0.777. The lowest BCUT2D eigenvalue weighted by atomic mass is 10.2. The SMILES string of the molecule is CNC(C)/C=C/c1cc(C)n(C)c1C. The fourth-order valence-electron chi connectivity index (χ4n) is 1.40. The second kappa shape index (κ2) is 4.47. The second-order valence-electron chi connectivity index (χ2n) is 3.82. The van der Waals surface area contributed by atoms with E-state index in [2.05, 4.69) is 55.9 Å². The van der Waals surface area contributed by atoms with Gasteiger partial charge in [-0.15, -0.1) is 0 Å². The minimum absolute atomic E-state index is 0.426. The Hall–Kier alpha value is -1.02. The van der Waals surface area contributed by atoms with Gasteiger partial charge in [-0.2, -0.15) is 0 Å². The van der Waals surface area contributed by atoms with E-state index in [9.17, 15) is 0 Å². The Morgan fingerprint density at radius 2 is 2.07 bits per heavy atom. The highest BCUT2D eigenvalue weighted by Crippen LogP contribution is 2.14. The number of hydrogen-bond acceptors (Lipinski definition) is 1. The van der Waals surface area contributed by atoms with Gasteiger partial charge in [0.15, 0.2) is 0 Å². The predicted octanol–water partition coefficient (Wildman–Crippen LogP) is 2.26. The maximum atomic E-state index is 3.18. The molecule has 1 heterocycles. The molecule has 78 valence electrons. The molecule has 1 atom stereocenters. The fraction of sp³-hybridized carbons (Fsp3) is 0.500. The lowest BCUT2D eigenvalue weighted by Gasteiger charge is -2.02. The van der Waals surface area contributed by atoms with Gasteiger partial charge >= 0.3 is 0 Å². The number of aryl methyl sites for hydroxylation is 1. The summed E-state index contributed by atoms with van der Waals surface area (Å²) in [4.78, 5) is 0. The molecule has 0 saturated carbocycles. The molecule has 2 heteroatoms. The Morgan fingerprint density at radius 1 is 1.43 bits per heavy atom. The number of likely N-dealkylation sites (N-methyl/N-ethyl adjacent to an activating group) is 1. The van der Waals surface area contributed by atoms with Gasteiger partial charge < -0.3 is 9.88 Å². The van der Waals surface area contributed by atoms with Crippen LogP contribution in [0, 0.1) is 13.8 Å². The Morgan fingerprint density at radius 3 is 2.50 bits per heavy atom. The molecule has 0 aliphatic heterocycles. The summed E-state index contributed by atoms with van der Waals surface area (Å²) < 4.78 is 2.21. The van der Waals surface area contributed by atoms with E-state index in [1.54, 1.807) is 0 Å². The molecule has 1 rings (SSSR count). The van der Waals surface area contributed by atoms with Crippen molar-refractivity contribution < 1.29 is 0 Å². The van der Waals surface area contributed by atoms with E-state index in [1.807, 2.05) is 7.05 Å². The zero-order valence-corrected chi connectivity index (χ0v) is 9.76. The van der Waals surface area contributed by atoms with Crippen molar-refractivity contribution in [3.8, 4) is 0 Å². The molecule has 1 unspecified atom stereocenters. The molecule has 0 fully saturated rings. The first kappa shape index (κ1) is 11.1. The number of nitrogens with one attached hydrogen (secondary N) is 1. The van der Waals surface area contributed by atoms with E-state index in [0.717, 1.165) is 0 Å². The molecule has 0 saturated heterocycles. The van der Waals surface area contributed by atoms with Crippen LogP contribution in [-0.2, 0) is 7.05 Å². The molecule has 1 aromatic rings. The molecule has 0 amide bonds. The molecule has 1 N–H and O–H groups in total. The molecular weight excluding hydrogens is 172 g/mol. The predicted molar refractivity (Wildman–Crippen MR) is 62.4 cm³/mol. The van der Waals surface area contributed by atoms with Crippen LogP contribution in [0.2, 0.25) is 0 Å². The minimum atomic E-state index is 0.426. The maximum Gasteiger partial charge on any atom is 0.0221 e. The molecular formula is C12H20N2. The number of nitrogens with zero attached hydrogens (tertiary/aromatic N) is 1. The van der Waals surface area contributed by atoms with Gasteiger partial charge in [0.2, 0.25) is 0 Å². The van der Waals surface area contributed by atoms with Gasteiger partial charge in [-0.25, -0.2) is 0 Å². The van der Waals surface area contributed by atoms with Crippen LogP contribution < -0.4 is 5.32 Å². The summed E-state index contributed by atoms with van der Waals surface area (Å²) in [5.74, 6) is 0. The van der Waals surface area contributed by atoms with Crippen molar-refractivity contribution in [1.82, 2.24) is 9.88 Å². The number of aromatic nitrogens is 1. The van der Waals surface area contributed by atoms with Gasteiger partial charge in [0, 0.05) is 24.5 Å². The van der Waals surface area contributed by atoms with Crippen LogP contribution >= 0.6 is 0 Å². The largest absolute Gasteiger partial charge is 0.352 e. The van der Waals surface area contributed by atoms with Crippen molar-refractivity contribution in [2.75, 3.05) is 7.05 Å². The molecule has 2 nitrogen and oxygen atoms in total. The molecule has 0 radical (unpaired) electrons. The van der Waals surface area contributed by atoms with Gasteiger partial charge in [0.05, 0.1) is 0 Å². The topological polar surface area (TPSA) is 17.0 Å². The normalized spacial score (nSPS) is 13.8. The van der Waals surface area contributed by atoms with E-state index in [-0.39, 0.29) is 0 Å². The van der Waals surface area contributed by atoms with Gasteiger partial charge in [0.1, 0.15) is 0 Å².